The second-order valence-corrected chi connectivity index (χ2v) is 6.66. The molecule has 0 radical (unpaired) electrons. The normalized spacial score (nSPS) is 13.4. The van der Waals surface area contributed by atoms with Crippen molar-refractivity contribution in [2.45, 2.75) is 38.6 Å². The van der Waals surface area contributed by atoms with Crippen molar-refractivity contribution in [3.05, 3.63) is 40.7 Å². The average molecular weight is 308 g/mol. The molecule has 1 aromatic heterocycles. The monoisotopic (exact) mass is 307 g/mol. The number of tetrazole rings is 1. The number of rotatable bonds is 5. The molecule has 1 N–H and O–H groups in total. The zero-order valence-corrected chi connectivity index (χ0v) is 13.7. The number of halogens is 1. The molecule has 0 amide bonds. The van der Waals surface area contributed by atoms with Crippen LogP contribution in [0.5, 0.6) is 0 Å². The molecular formula is C15H22ClN5. The molecule has 2 aromatic rings. The number of nitrogens with zero attached hydrogens (tertiary/aromatic N) is 4. The highest BCUT2D eigenvalue weighted by molar-refractivity contribution is 6.31. The van der Waals surface area contributed by atoms with E-state index in [9.17, 15) is 0 Å². The van der Waals surface area contributed by atoms with Gasteiger partial charge in [0.15, 0.2) is 5.82 Å². The summed E-state index contributed by atoms with van der Waals surface area (Å²) in [7, 11) is 1.77. The van der Waals surface area contributed by atoms with Crippen molar-refractivity contribution < 1.29 is 0 Å². The topological polar surface area (TPSA) is 55.6 Å². The summed E-state index contributed by atoms with van der Waals surface area (Å²) in [5, 5.41) is 16.6. The first kappa shape index (κ1) is 15.9. The maximum Gasteiger partial charge on any atom is 0.175 e. The molecule has 5 nitrogen and oxygen atoms in total. The minimum absolute atomic E-state index is 0.0509. The maximum absolute atomic E-state index is 6.35. The van der Waals surface area contributed by atoms with Crippen molar-refractivity contribution >= 4 is 11.6 Å². The zero-order valence-electron chi connectivity index (χ0n) is 13.0. The van der Waals surface area contributed by atoms with Crippen molar-refractivity contribution in [1.29, 1.82) is 0 Å². The van der Waals surface area contributed by atoms with E-state index in [1.165, 1.54) is 4.80 Å². The molecule has 0 aliphatic rings. The van der Waals surface area contributed by atoms with Crippen LogP contribution in [0, 0.1) is 0 Å². The number of benzene rings is 1. The molecule has 114 valence electrons. The summed E-state index contributed by atoms with van der Waals surface area (Å²) in [5.74, 6) is 0.945. The Kier molecular flexibility index (Phi) is 4.96. The molecule has 1 aromatic carbocycles. The summed E-state index contributed by atoms with van der Waals surface area (Å²) in [5.41, 5.74) is 1.17. The third-order valence-corrected chi connectivity index (χ3v) is 3.55. The highest BCUT2D eigenvalue weighted by Gasteiger charge is 2.20. The van der Waals surface area contributed by atoms with Gasteiger partial charge in [-0.05, 0) is 37.6 Å². The van der Waals surface area contributed by atoms with Crippen molar-refractivity contribution in [3.8, 4) is 0 Å². The minimum Gasteiger partial charge on any atom is -0.311 e. The average Bonchev–Trinajstić information content (AvgIpc) is 2.80. The first-order valence-corrected chi connectivity index (χ1v) is 7.45. The molecule has 0 saturated carbocycles. The lowest BCUT2D eigenvalue weighted by atomic mass is 9.94. The number of nitrogens with one attached hydrogen (secondary N) is 1. The molecule has 21 heavy (non-hydrogen) atoms. The van der Waals surface area contributed by atoms with E-state index in [0.29, 0.717) is 6.42 Å². The van der Waals surface area contributed by atoms with Crippen LogP contribution in [0.3, 0.4) is 0 Å². The molecular weight excluding hydrogens is 286 g/mol. The second kappa shape index (κ2) is 6.54. The molecule has 0 saturated heterocycles. The molecule has 0 aliphatic carbocycles. The van der Waals surface area contributed by atoms with Crippen LogP contribution in [-0.2, 0) is 13.5 Å². The summed E-state index contributed by atoms with van der Waals surface area (Å²) in [6.45, 7) is 7.26. The summed E-state index contributed by atoms with van der Waals surface area (Å²) in [6.07, 6.45) is 0.709. The molecule has 1 unspecified atom stereocenters. The van der Waals surface area contributed by atoms with Gasteiger partial charge in [-0.25, -0.2) is 0 Å². The summed E-state index contributed by atoms with van der Waals surface area (Å²) < 4.78 is 0. The fourth-order valence-electron chi connectivity index (χ4n) is 2.15. The predicted molar refractivity (Wildman–Crippen MR) is 84.5 cm³/mol. The molecule has 0 fully saturated rings. The van der Waals surface area contributed by atoms with Crippen LogP contribution < -0.4 is 5.32 Å². The fourth-order valence-corrected chi connectivity index (χ4v) is 2.44. The fraction of sp³-hybridized carbons (Fsp3) is 0.533. The molecule has 6 heteroatoms. The number of hydrogen-bond acceptors (Lipinski definition) is 4. The van der Waals surface area contributed by atoms with Gasteiger partial charge >= 0.3 is 0 Å². The van der Waals surface area contributed by atoms with Crippen molar-refractivity contribution in [2.75, 3.05) is 6.54 Å². The minimum atomic E-state index is 0.0509. The largest absolute Gasteiger partial charge is 0.311 e. The Morgan fingerprint density at radius 3 is 2.57 bits per heavy atom. The quantitative estimate of drug-likeness (QED) is 0.922. The van der Waals surface area contributed by atoms with Crippen molar-refractivity contribution in [1.82, 2.24) is 25.5 Å². The Hall–Kier alpha value is -1.46. The molecule has 1 heterocycles. The van der Waals surface area contributed by atoms with Crippen LogP contribution >= 0.6 is 11.6 Å². The van der Waals surface area contributed by atoms with Gasteiger partial charge in [-0.15, -0.1) is 10.2 Å². The molecule has 0 spiro atoms. The van der Waals surface area contributed by atoms with E-state index in [2.05, 4.69) is 47.6 Å². The van der Waals surface area contributed by atoms with Crippen molar-refractivity contribution in [2.24, 2.45) is 7.05 Å². The molecule has 1 atom stereocenters. The lowest BCUT2D eigenvalue weighted by Gasteiger charge is -2.25. The summed E-state index contributed by atoms with van der Waals surface area (Å²) in [6, 6.07) is 7.94. The number of aryl methyl sites for hydroxylation is 1. The third kappa shape index (κ3) is 4.79. The van der Waals surface area contributed by atoms with Crippen LogP contribution in [0.2, 0.25) is 5.02 Å². The lowest BCUT2D eigenvalue weighted by Crippen LogP contribution is -2.39. The van der Waals surface area contributed by atoms with Gasteiger partial charge < -0.3 is 5.32 Å². The predicted octanol–water partition coefficient (Wildman–Crippen LogP) is 2.58. The highest BCUT2D eigenvalue weighted by atomic mass is 35.5. The summed E-state index contributed by atoms with van der Waals surface area (Å²) >= 11 is 6.35. The van der Waals surface area contributed by atoms with Crippen LogP contribution in [0.25, 0.3) is 0 Å². The lowest BCUT2D eigenvalue weighted by molar-refractivity contribution is 0.403. The molecule has 0 bridgehead atoms. The number of hydrogen-bond donors (Lipinski definition) is 1. The van der Waals surface area contributed by atoms with Crippen LogP contribution in [-0.4, -0.2) is 32.3 Å². The Balaban J connectivity index is 2.19. The third-order valence-electron chi connectivity index (χ3n) is 3.20. The Labute approximate surface area is 130 Å². The Bertz CT molecular complexity index is 588. The van der Waals surface area contributed by atoms with Gasteiger partial charge in [0, 0.05) is 29.4 Å². The van der Waals surface area contributed by atoms with E-state index in [0.717, 1.165) is 23.0 Å². The van der Waals surface area contributed by atoms with E-state index in [1.54, 1.807) is 7.05 Å². The van der Waals surface area contributed by atoms with Crippen molar-refractivity contribution in [3.63, 3.8) is 0 Å². The number of aromatic nitrogens is 4. The Morgan fingerprint density at radius 1 is 1.29 bits per heavy atom. The molecule has 0 aliphatic heterocycles. The second-order valence-electron chi connectivity index (χ2n) is 6.25. The van der Waals surface area contributed by atoms with E-state index in [1.807, 2.05) is 18.2 Å². The van der Waals surface area contributed by atoms with E-state index < -0.39 is 0 Å². The first-order chi connectivity index (χ1) is 9.85. The van der Waals surface area contributed by atoms with E-state index >= 15 is 0 Å². The van der Waals surface area contributed by atoms with Crippen LogP contribution in [0.15, 0.2) is 24.3 Å². The van der Waals surface area contributed by atoms with Gasteiger partial charge in [-0.1, -0.05) is 29.8 Å². The first-order valence-electron chi connectivity index (χ1n) is 7.07. The molecule has 2 rings (SSSR count). The van der Waals surface area contributed by atoms with Gasteiger partial charge in [0.1, 0.15) is 0 Å². The summed E-state index contributed by atoms with van der Waals surface area (Å²) in [4.78, 5) is 1.48. The van der Waals surface area contributed by atoms with Gasteiger partial charge in [0.05, 0.1) is 7.05 Å². The van der Waals surface area contributed by atoms with Gasteiger partial charge in [0.2, 0.25) is 0 Å². The Morgan fingerprint density at radius 2 is 2.00 bits per heavy atom. The van der Waals surface area contributed by atoms with Gasteiger partial charge in [0.25, 0.3) is 0 Å². The smallest absolute Gasteiger partial charge is 0.175 e. The van der Waals surface area contributed by atoms with Gasteiger partial charge in [-0.2, -0.15) is 4.80 Å². The van der Waals surface area contributed by atoms with Gasteiger partial charge in [-0.3, -0.25) is 0 Å². The highest BCUT2D eigenvalue weighted by Crippen LogP contribution is 2.26. The van der Waals surface area contributed by atoms with E-state index in [4.69, 9.17) is 11.6 Å². The van der Waals surface area contributed by atoms with Crippen LogP contribution in [0.4, 0.5) is 0 Å². The van der Waals surface area contributed by atoms with E-state index in [-0.39, 0.29) is 11.5 Å². The standard InChI is InChI=1S/C15H22ClN5/c1-15(2,3)17-10-11(9-14-18-20-21(4)19-14)12-7-5-6-8-13(12)16/h5-8,11,17H,9-10H2,1-4H3. The SMILES string of the molecule is Cn1nnc(CC(CNC(C)(C)C)c2ccccc2Cl)n1. The maximum atomic E-state index is 6.35. The van der Waals surface area contributed by atoms with Crippen LogP contribution in [0.1, 0.15) is 38.1 Å². The zero-order chi connectivity index (χ0) is 15.5.